The summed E-state index contributed by atoms with van der Waals surface area (Å²) in [5.74, 6) is -1.17. The fraction of sp³-hybridized carbons (Fsp3) is 0.846. The molecule has 0 radical (unpaired) electrons. The van der Waals surface area contributed by atoms with Crippen LogP contribution in [0.3, 0.4) is 0 Å². The van der Waals surface area contributed by atoms with Crippen LogP contribution < -0.4 is 10.6 Å². The predicted molar refractivity (Wildman–Crippen MR) is 69.4 cm³/mol. The highest BCUT2D eigenvalue weighted by Gasteiger charge is 2.42. The molecule has 0 spiro atoms. The van der Waals surface area contributed by atoms with Crippen molar-refractivity contribution in [2.75, 3.05) is 7.05 Å². The Balaban J connectivity index is 2.86. The lowest BCUT2D eigenvalue weighted by molar-refractivity contribution is -0.149. The number of carboxylic acids is 1. The van der Waals surface area contributed by atoms with Gasteiger partial charge in [0.15, 0.2) is 0 Å². The van der Waals surface area contributed by atoms with E-state index in [9.17, 15) is 14.7 Å². The first-order chi connectivity index (χ1) is 8.34. The molecule has 0 saturated heterocycles. The highest BCUT2D eigenvalue weighted by Crippen LogP contribution is 2.28. The van der Waals surface area contributed by atoms with Gasteiger partial charge in [0.25, 0.3) is 0 Å². The van der Waals surface area contributed by atoms with Crippen LogP contribution in [0, 0.1) is 0 Å². The third kappa shape index (κ3) is 3.22. The van der Waals surface area contributed by atoms with Crippen molar-refractivity contribution in [3.05, 3.63) is 0 Å². The second-order valence-electron chi connectivity index (χ2n) is 5.63. The number of amides is 1. The van der Waals surface area contributed by atoms with E-state index in [-0.39, 0.29) is 5.91 Å². The van der Waals surface area contributed by atoms with E-state index >= 15 is 0 Å². The number of carboxylic acid groups (broad SMARTS) is 1. The molecule has 0 aromatic rings. The molecule has 5 heteroatoms. The molecule has 1 rings (SSSR count). The van der Waals surface area contributed by atoms with Gasteiger partial charge in [-0.3, -0.25) is 4.79 Å². The molecule has 0 aliphatic heterocycles. The summed E-state index contributed by atoms with van der Waals surface area (Å²) in [5.41, 5.74) is -1.84. The molecular weight excluding hydrogens is 232 g/mol. The first kappa shape index (κ1) is 15.0. The smallest absolute Gasteiger partial charge is 0.329 e. The van der Waals surface area contributed by atoms with Crippen LogP contribution in [0.25, 0.3) is 0 Å². The van der Waals surface area contributed by atoms with Gasteiger partial charge in [-0.05, 0) is 33.7 Å². The molecule has 104 valence electrons. The van der Waals surface area contributed by atoms with Gasteiger partial charge in [0.1, 0.15) is 5.54 Å². The van der Waals surface area contributed by atoms with E-state index in [0.717, 1.165) is 25.7 Å². The molecule has 1 aliphatic rings. The van der Waals surface area contributed by atoms with E-state index in [4.69, 9.17) is 0 Å². The zero-order valence-electron chi connectivity index (χ0n) is 11.5. The molecule has 0 atom stereocenters. The minimum absolute atomic E-state index is 0.255. The van der Waals surface area contributed by atoms with E-state index in [1.165, 1.54) is 0 Å². The van der Waals surface area contributed by atoms with Crippen LogP contribution in [0.4, 0.5) is 0 Å². The number of hydrogen-bond acceptors (Lipinski definition) is 3. The Morgan fingerprint density at radius 2 is 1.61 bits per heavy atom. The van der Waals surface area contributed by atoms with Gasteiger partial charge >= 0.3 is 5.97 Å². The average Bonchev–Trinajstić information content (AvgIpc) is 2.55. The maximum Gasteiger partial charge on any atom is 0.329 e. The van der Waals surface area contributed by atoms with Crippen molar-refractivity contribution in [2.45, 2.75) is 63.5 Å². The van der Waals surface area contributed by atoms with Gasteiger partial charge in [-0.2, -0.15) is 0 Å². The molecular formula is C13H24N2O3. The second kappa shape index (κ2) is 5.69. The number of nitrogens with one attached hydrogen (secondary N) is 2. The van der Waals surface area contributed by atoms with E-state index < -0.39 is 17.0 Å². The molecule has 1 saturated carbocycles. The van der Waals surface area contributed by atoms with Gasteiger partial charge in [-0.1, -0.05) is 25.7 Å². The maximum atomic E-state index is 12.1. The third-order valence-corrected chi connectivity index (χ3v) is 3.91. The fourth-order valence-electron chi connectivity index (χ4n) is 2.21. The van der Waals surface area contributed by atoms with Crippen molar-refractivity contribution < 1.29 is 14.7 Å². The zero-order chi connectivity index (χ0) is 13.8. The summed E-state index contributed by atoms with van der Waals surface area (Å²) in [6, 6.07) is 0. The Hall–Kier alpha value is -1.10. The highest BCUT2D eigenvalue weighted by atomic mass is 16.4. The lowest BCUT2D eigenvalue weighted by Gasteiger charge is -2.33. The molecule has 0 heterocycles. The van der Waals surface area contributed by atoms with Crippen LogP contribution in [0.15, 0.2) is 0 Å². The molecule has 1 fully saturated rings. The lowest BCUT2D eigenvalue weighted by Crippen LogP contribution is -2.61. The Morgan fingerprint density at radius 1 is 1.11 bits per heavy atom. The highest BCUT2D eigenvalue weighted by molar-refractivity contribution is 5.91. The van der Waals surface area contributed by atoms with E-state index in [0.29, 0.717) is 12.8 Å². The molecule has 0 unspecified atom stereocenters. The molecule has 0 bridgehead atoms. The number of likely N-dealkylation sites (N-methyl/N-ethyl adjacent to an activating group) is 1. The SMILES string of the molecule is CNC(C)(C)C(=O)NC1(C(=O)O)CCCCCC1. The van der Waals surface area contributed by atoms with Crippen molar-refractivity contribution >= 4 is 11.9 Å². The van der Waals surface area contributed by atoms with Crippen LogP contribution in [0.5, 0.6) is 0 Å². The van der Waals surface area contributed by atoms with E-state index in [1.54, 1.807) is 20.9 Å². The zero-order valence-corrected chi connectivity index (χ0v) is 11.5. The number of carbonyl (C=O) groups is 2. The molecule has 5 nitrogen and oxygen atoms in total. The molecule has 1 aliphatic carbocycles. The van der Waals surface area contributed by atoms with Crippen molar-refractivity contribution in [3.63, 3.8) is 0 Å². The number of aliphatic carboxylic acids is 1. The van der Waals surface area contributed by atoms with E-state index in [1.807, 2.05) is 0 Å². The standard InChI is InChI=1S/C13H24N2O3/c1-12(2,14-3)10(16)15-13(11(17)18)8-6-4-5-7-9-13/h14H,4-9H2,1-3H3,(H,15,16)(H,17,18). The van der Waals surface area contributed by atoms with Crippen molar-refractivity contribution in [2.24, 2.45) is 0 Å². The van der Waals surface area contributed by atoms with Gasteiger partial charge in [-0.25, -0.2) is 4.79 Å². The fourth-order valence-corrected chi connectivity index (χ4v) is 2.21. The molecule has 1 amide bonds. The van der Waals surface area contributed by atoms with Crippen molar-refractivity contribution in [1.29, 1.82) is 0 Å². The second-order valence-corrected chi connectivity index (χ2v) is 5.63. The molecule has 3 N–H and O–H groups in total. The van der Waals surface area contributed by atoms with Crippen molar-refractivity contribution in [3.8, 4) is 0 Å². The quantitative estimate of drug-likeness (QED) is 0.662. The van der Waals surface area contributed by atoms with Crippen LogP contribution >= 0.6 is 0 Å². The molecule has 0 aromatic heterocycles. The van der Waals surface area contributed by atoms with Gasteiger partial charge in [0, 0.05) is 0 Å². The maximum absolute atomic E-state index is 12.1. The van der Waals surface area contributed by atoms with Gasteiger partial charge in [0.2, 0.25) is 5.91 Å². The minimum atomic E-state index is -1.08. The Morgan fingerprint density at radius 3 is 2.00 bits per heavy atom. The summed E-state index contributed by atoms with van der Waals surface area (Å²) < 4.78 is 0. The summed E-state index contributed by atoms with van der Waals surface area (Å²) in [7, 11) is 1.69. The van der Waals surface area contributed by atoms with E-state index in [2.05, 4.69) is 10.6 Å². The monoisotopic (exact) mass is 256 g/mol. The van der Waals surface area contributed by atoms with Crippen LogP contribution in [-0.2, 0) is 9.59 Å². The summed E-state index contributed by atoms with van der Waals surface area (Å²) in [4.78, 5) is 23.7. The summed E-state index contributed by atoms with van der Waals surface area (Å²) in [6.07, 6.45) is 4.83. The first-order valence-electron chi connectivity index (χ1n) is 6.59. The van der Waals surface area contributed by atoms with Crippen molar-refractivity contribution in [1.82, 2.24) is 10.6 Å². The normalized spacial score (nSPS) is 19.9. The van der Waals surface area contributed by atoms with Gasteiger partial charge in [0.05, 0.1) is 5.54 Å². The Kier molecular flexibility index (Phi) is 4.73. The van der Waals surface area contributed by atoms with Crippen LogP contribution in [-0.4, -0.2) is 35.1 Å². The molecule has 18 heavy (non-hydrogen) atoms. The average molecular weight is 256 g/mol. The predicted octanol–water partition coefficient (Wildman–Crippen LogP) is 1.28. The van der Waals surface area contributed by atoms with Crippen LogP contribution in [0.1, 0.15) is 52.4 Å². The number of rotatable bonds is 4. The Labute approximate surface area is 108 Å². The minimum Gasteiger partial charge on any atom is -0.480 e. The first-order valence-corrected chi connectivity index (χ1v) is 6.59. The van der Waals surface area contributed by atoms with Crippen LogP contribution in [0.2, 0.25) is 0 Å². The number of carbonyl (C=O) groups excluding carboxylic acids is 1. The topological polar surface area (TPSA) is 78.4 Å². The number of hydrogen-bond donors (Lipinski definition) is 3. The molecule has 0 aromatic carbocycles. The largest absolute Gasteiger partial charge is 0.480 e. The van der Waals surface area contributed by atoms with Gasteiger partial charge in [-0.15, -0.1) is 0 Å². The Bertz CT molecular complexity index is 318. The van der Waals surface area contributed by atoms with Gasteiger partial charge < -0.3 is 15.7 Å². The summed E-state index contributed by atoms with van der Waals surface area (Å²) in [6.45, 7) is 3.49. The summed E-state index contributed by atoms with van der Waals surface area (Å²) in [5, 5.41) is 15.1. The summed E-state index contributed by atoms with van der Waals surface area (Å²) >= 11 is 0. The third-order valence-electron chi connectivity index (χ3n) is 3.91. The lowest BCUT2D eigenvalue weighted by atomic mass is 9.88.